The van der Waals surface area contributed by atoms with Crippen molar-refractivity contribution in [3.8, 4) is 11.8 Å². The Labute approximate surface area is 123 Å². The van der Waals surface area contributed by atoms with Gasteiger partial charge in [-0.05, 0) is 29.8 Å². The van der Waals surface area contributed by atoms with Crippen LogP contribution in [0.5, 0.6) is 5.75 Å². The van der Waals surface area contributed by atoms with Crippen LogP contribution in [-0.4, -0.2) is 19.5 Å². The van der Waals surface area contributed by atoms with Crippen molar-refractivity contribution < 1.29 is 14.3 Å². The lowest BCUT2D eigenvalue weighted by atomic mass is 10.1. The number of carbonyl (C=O) groups is 1. The maximum atomic E-state index is 11.9. The Hall–Kier alpha value is -2.64. The lowest BCUT2D eigenvalue weighted by Gasteiger charge is -2.05. The Morgan fingerprint density at radius 3 is 2.33 bits per heavy atom. The largest absolute Gasteiger partial charge is 0.497 e. The van der Waals surface area contributed by atoms with Crippen LogP contribution in [0.4, 0.5) is 0 Å². The van der Waals surface area contributed by atoms with E-state index < -0.39 is 0 Å². The highest BCUT2D eigenvalue weighted by Gasteiger charge is 2.06. The molecular formula is C17H15NO3. The molecule has 21 heavy (non-hydrogen) atoms. The summed E-state index contributed by atoms with van der Waals surface area (Å²) in [5.41, 5.74) is 2.05. The Kier molecular flexibility index (Phi) is 5.08. The zero-order chi connectivity index (χ0) is 15.1. The summed E-state index contributed by atoms with van der Waals surface area (Å²) in [5.74, 6) is 0.681. The van der Waals surface area contributed by atoms with Crippen LogP contribution in [0.3, 0.4) is 0 Å². The van der Waals surface area contributed by atoms with E-state index in [1.54, 1.807) is 31.4 Å². The van der Waals surface area contributed by atoms with Crippen molar-refractivity contribution in [2.75, 3.05) is 13.7 Å². The Bertz CT molecular complexity index is 639. The number of Topliss-reactive ketones (excluding diaryl/α,β-unsaturated/α-hetero) is 1. The van der Waals surface area contributed by atoms with E-state index in [1.807, 2.05) is 30.3 Å². The Balaban J connectivity index is 1.84. The zero-order valence-electron chi connectivity index (χ0n) is 11.7. The Morgan fingerprint density at radius 2 is 1.76 bits per heavy atom. The van der Waals surface area contributed by atoms with Crippen molar-refractivity contribution >= 4 is 5.78 Å². The van der Waals surface area contributed by atoms with Crippen LogP contribution >= 0.6 is 0 Å². The molecule has 0 N–H and O–H groups in total. The fraction of sp³-hybridized carbons (Fsp3) is 0.176. The number of ketones is 1. The van der Waals surface area contributed by atoms with Crippen LogP contribution < -0.4 is 4.74 Å². The predicted octanol–water partition coefficient (Wildman–Crippen LogP) is 2.97. The van der Waals surface area contributed by atoms with Gasteiger partial charge < -0.3 is 9.47 Å². The first-order chi connectivity index (χ1) is 10.2. The first kappa shape index (κ1) is 14.8. The molecule has 0 saturated heterocycles. The highest BCUT2D eigenvalue weighted by Crippen LogP contribution is 2.12. The van der Waals surface area contributed by atoms with Gasteiger partial charge in [0.1, 0.15) is 12.4 Å². The summed E-state index contributed by atoms with van der Waals surface area (Å²) in [6, 6.07) is 16.0. The lowest BCUT2D eigenvalue weighted by molar-refractivity contribution is 0.0726. The van der Waals surface area contributed by atoms with Crippen LogP contribution in [0.15, 0.2) is 48.5 Å². The molecular weight excluding hydrogens is 266 g/mol. The second-order valence-electron chi connectivity index (χ2n) is 4.45. The molecule has 0 heterocycles. The fourth-order valence-electron chi connectivity index (χ4n) is 1.80. The van der Waals surface area contributed by atoms with Gasteiger partial charge in [-0.2, -0.15) is 5.26 Å². The molecule has 0 bridgehead atoms. The number of ether oxygens (including phenoxy) is 2. The number of nitrogens with zero attached hydrogens (tertiary/aromatic N) is 1. The third-order valence-electron chi connectivity index (χ3n) is 3.00. The van der Waals surface area contributed by atoms with E-state index in [1.165, 1.54) is 0 Å². The van der Waals surface area contributed by atoms with Crippen LogP contribution in [0, 0.1) is 11.3 Å². The van der Waals surface area contributed by atoms with Crippen molar-refractivity contribution in [1.82, 2.24) is 0 Å². The number of carbonyl (C=O) groups excluding carboxylic acids is 1. The normalized spacial score (nSPS) is 9.90. The van der Waals surface area contributed by atoms with E-state index in [0.717, 1.165) is 11.3 Å². The van der Waals surface area contributed by atoms with Crippen LogP contribution in [0.25, 0.3) is 0 Å². The standard InChI is InChI=1S/C17H15NO3/c1-20-16-8-4-14(5-9-16)11-21-12-17(19)15-6-2-13(10-18)3-7-15/h2-9H,11-12H2,1H3. The number of nitriles is 1. The molecule has 0 aliphatic carbocycles. The molecule has 0 atom stereocenters. The molecule has 0 aliphatic heterocycles. The minimum atomic E-state index is -0.104. The summed E-state index contributed by atoms with van der Waals surface area (Å²) in [6.07, 6.45) is 0. The average molecular weight is 281 g/mol. The first-order valence-electron chi connectivity index (χ1n) is 6.47. The van der Waals surface area contributed by atoms with E-state index in [0.29, 0.717) is 17.7 Å². The van der Waals surface area contributed by atoms with Crippen molar-refractivity contribution in [2.24, 2.45) is 0 Å². The Morgan fingerprint density at radius 1 is 1.10 bits per heavy atom. The van der Waals surface area contributed by atoms with E-state index in [9.17, 15) is 4.79 Å². The van der Waals surface area contributed by atoms with Gasteiger partial charge in [0.15, 0.2) is 5.78 Å². The molecule has 0 aliphatic rings. The molecule has 106 valence electrons. The highest BCUT2D eigenvalue weighted by atomic mass is 16.5. The van der Waals surface area contributed by atoms with E-state index >= 15 is 0 Å². The highest BCUT2D eigenvalue weighted by molar-refractivity contribution is 5.97. The summed E-state index contributed by atoms with van der Waals surface area (Å²) in [7, 11) is 1.61. The van der Waals surface area contributed by atoms with Crippen LogP contribution in [-0.2, 0) is 11.3 Å². The van der Waals surface area contributed by atoms with Gasteiger partial charge in [-0.3, -0.25) is 4.79 Å². The maximum absolute atomic E-state index is 11.9. The molecule has 2 aromatic rings. The van der Waals surface area contributed by atoms with Crippen molar-refractivity contribution in [1.29, 1.82) is 5.26 Å². The summed E-state index contributed by atoms with van der Waals surface area (Å²) in [6.45, 7) is 0.379. The summed E-state index contributed by atoms with van der Waals surface area (Å²) in [4.78, 5) is 11.9. The molecule has 4 nitrogen and oxygen atoms in total. The van der Waals surface area contributed by atoms with Crippen molar-refractivity contribution in [3.63, 3.8) is 0 Å². The quantitative estimate of drug-likeness (QED) is 0.764. The zero-order valence-corrected chi connectivity index (χ0v) is 11.7. The molecule has 0 unspecified atom stereocenters. The van der Waals surface area contributed by atoms with Crippen molar-refractivity contribution in [2.45, 2.75) is 6.61 Å². The number of methoxy groups -OCH3 is 1. The number of rotatable bonds is 6. The van der Waals surface area contributed by atoms with Gasteiger partial charge in [0.25, 0.3) is 0 Å². The second kappa shape index (κ2) is 7.22. The van der Waals surface area contributed by atoms with E-state index in [-0.39, 0.29) is 12.4 Å². The molecule has 0 radical (unpaired) electrons. The fourth-order valence-corrected chi connectivity index (χ4v) is 1.80. The van der Waals surface area contributed by atoms with Gasteiger partial charge in [-0.1, -0.05) is 24.3 Å². The summed E-state index contributed by atoms with van der Waals surface area (Å²) >= 11 is 0. The molecule has 0 amide bonds. The average Bonchev–Trinajstić information content (AvgIpc) is 2.55. The minimum absolute atomic E-state index is 0.0118. The third kappa shape index (κ3) is 4.16. The number of hydrogen-bond acceptors (Lipinski definition) is 4. The molecule has 4 heteroatoms. The van der Waals surface area contributed by atoms with Gasteiger partial charge in [-0.25, -0.2) is 0 Å². The monoisotopic (exact) mass is 281 g/mol. The van der Waals surface area contributed by atoms with Gasteiger partial charge in [0.05, 0.1) is 25.3 Å². The maximum Gasteiger partial charge on any atom is 0.188 e. The van der Waals surface area contributed by atoms with Gasteiger partial charge in [0, 0.05) is 5.56 Å². The SMILES string of the molecule is COc1ccc(COCC(=O)c2ccc(C#N)cc2)cc1. The molecule has 0 aromatic heterocycles. The molecule has 0 saturated carbocycles. The molecule has 0 spiro atoms. The van der Waals surface area contributed by atoms with Crippen LogP contribution in [0.2, 0.25) is 0 Å². The molecule has 2 aromatic carbocycles. The smallest absolute Gasteiger partial charge is 0.188 e. The minimum Gasteiger partial charge on any atom is -0.497 e. The summed E-state index contributed by atoms with van der Waals surface area (Å²) in [5, 5.41) is 8.70. The lowest BCUT2D eigenvalue weighted by Crippen LogP contribution is -2.09. The van der Waals surface area contributed by atoms with Crippen molar-refractivity contribution in [3.05, 3.63) is 65.2 Å². The van der Waals surface area contributed by atoms with Gasteiger partial charge in [-0.15, -0.1) is 0 Å². The predicted molar refractivity (Wildman–Crippen MR) is 78.1 cm³/mol. The number of hydrogen-bond donors (Lipinski definition) is 0. The molecule has 0 fully saturated rings. The number of benzene rings is 2. The molecule has 2 rings (SSSR count). The van der Waals surface area contributed by atoms with Gasteiger partial charge >= 0.3 is 0 Å². The third-order valence-corrected chi connectivity index (χ3v) is 3.00. The topological polar surface area (TPSA) is 59.3 Å². The van der Waals surface area contributed by atoms with Gasteiger partial charge in [0.2, 0.25) is 0 Å². The second-order valence-corrected chi connectivity index (χ2v) is 4.45. The summed E-state index contributed by atoms with van der Waals surface area (Å²) < 4.78 is 10.5. The first-order valence-corrected chi connectivity index (χ1v) is 6.47. The van der Waals surface area contributed by atoms with Crippen LogP contribution in [0.1, 0.15) is 21.5 Å². The van der Waals surface area contributed by atoms with E-state index in [4.69, 9.17) is 14.7 Å². The van der Waals surface area contributed by atoms with E-state index in [2.05, 4.69) is 0 Å².